The number of hydrogen-bond donors (Lipinski definition) is 0. The van der Waals surface area contributed by atoms with Crippen LogP contribution < -0.4 is 13.6 Å². The van der Waals surface area contributed by atoms with Crippen LogP contribution in [-0.4, -0.2) is 22.6 Å². The highest BCUT2D eigenvalue weighted by Crippen LogP contribution is 2.59. The van der Waals surface area contributed by atoms with E-state index in [-0.39, 0.29) is 16.0 Å². The van der Waals surface area contributed by atoms with E-state index in [1.807, 2.05) is 49.4 Å². The molecule has 5 nitrogen and oxygen atoms in total. The van der Waals surface area contributed by atoms with Gasteiger partial charge in [-0.1, -0.05) is 71.3 Å². The Morgan fingerprint density at radius 1 is 0.780 bits per heavy atom. The molecule has 3 aromatic carbocycles. The average Bonchev–Trinajstić information content (AvgIpc) is 3.14. The van der Waals surface area contributed by atoms with E-state index in [1.165, 1.54) is 0 Å². The summed E-state index contributed by atoms with van der Waals surface area (Å²) in [6.07, 6.45) is 0. The van der Waals surface area contributed by atoms with E-state index in [4.69, 9.17) is 29.9 Å². The third-order valence-electron chi connectivity index (χ3n) is 9.48. The molecule has 1 atom stereocenters. The maximum absolute atomic E-state index is 13.3. The van der Waals surface area contributed by atoms with Crippen LogP contribution in [0.2, 0.25) is 41.3 Å². The lowest BCUT2D eigenvalue weighted by Crippen LogP contribution is -2.44. The van der Waals surface area contributed by atoms with E-state index in [9.17, 15) is 4.79 Å². The zero-order chi connectivity index (χ0) is 30.3. The van der Waals surface area contributed by atoms with Crippen LogP contribution in [-0.2, 0) is 10.3 Å². The van der Waals surface area contributed by atoms with Gasteiger partial charge in [-0.3, -0.25) is 0 Å². The maximum atomic E-state index is 13.3. The van der Waals surface area contributed by atoms with Crippen molar-refractivity contribution in [1.29, 1.82) is 0 Å². The van der Waals surface area contributed by atoms with Crippen LogP contribution in [0.1, 0.15) is 74.2 Å². The minimum atomic E-state index is -2.21. The summed E-state index contributed by atoms with van der Waals surface area (Å²) in [6.45, 7) is 24.1. The van der Waals surface area contributed by atoms with Crippen molar-refractivity contribution in [2.75, 3.05) is 0 Å². The Labute approximate surface area is 251 Å². The van der Waals surface area contributed by atoms with Crippen LogP contribution in [0.15, 0.2) is 48.5 Å². The first kappa shape index (κ1) is 29.7. The molecular weight excluding hydrogens is 568 g/mol. The summed E-state index contributed by atoms with van der Waals surface area (Å²) in [6, 6.07) is 15.2. The SMILES string of the molecule is Cc1c(O[Si](C)(C)C(C)(C)C)ccc2c1Oc1cc(O[Si](C)(C)C(C)(C)C)c(Cl)cc1C21OC(=O)c2ccccc21. The number of benzene rings is 3. The minimum Gasteiger partial charge on any atom is -0.543 e. The van der Waals surface area contributed by atoms with Gasteiger partial charge in [0.1, 0.15) is 23.0 Å². The van der Waals surface area contributed by atoms with Gasteiger partial charge in [-0.05, 0) is 67.5 Å². The average molecular weight is 609 g/mol. The zero-order valence-electron chi connectivity index (χ0n) is 26.0. The van der Waals surface area contributed by atoms with Gasteiger partial charge in [-0.25, -0.2) is 4.79 Å². The second-order valence-corrected chi connectivity index (χ2v) is 24.1. The molecule has 0 bridgehead atoms. The van der Waals surface area contributed by atoms with Gasteiger partial charge in [0.25, 0.3) is 8.32 Å². The van der Waals surface area contributed by atoms with E-state index in [2.05, 4.69) is 67.7 Å². The molecule has 1 spiro atoms. The molecule has 5 rings (SSSR count). The second kappa shape index (κ2) is 9.38. The normalized spacial score (nSPS) is 18.3. The Bertz CT molecular complexity index is 1560. The Morgan fingerprint density at radius 2 is 1.37 bits per heavy atom. The van der Waals surface area contributed by atoms with Gasteiger partial charge in [0.05, 0.1) is 10.6 Å². The molecule has 0 saturated carbocycles. The van der Waals surface area contributed by atoms with Crippen molar-refractivity contribution in [2.24, 2.45) is 0 Å². The number of hydrogen-bond acceptors (Lipinski definition) is 5. The zero-order valence-corrected chi connectivity index (χ0v) is 28.8. The molecule has 218 valence electrons. The summed E-state index contributed by atoms with van der Waals surface area (Å²) in [7, 11) is -4.35. The van der Waals surface area contributed by atoms with Crippen molar-refractivity contribution < 1.29 is 23.1 Å². The number of rotatable bonds is 4. The lowest BCUT2D eigenvalue weighted by molar-refractivity contribution is 0.0223. The monoisotopic (exact) mass is 608 g/mol. The number of ether oxygens (including phenoxy) is 2. The van der Waals surface area contributed by atoms with Crippen molar-refractivity contribution in [2.45, 2.75) is 90.3 Å². The van der Waals surface area contributed by atoms with E-state index in [1.54, 1.807) is 6.07 Å². The molecule has 0 fully saturated rings. The van der Waals surface area contributed by atoms with E-state index in [0.717, 1.165) is 22.4 Å². The second-order valence-electron chi connectivity index (χ2n) is 14.3. The molecule has 0 aliphatic carbocycles. The molecule has 0 N–H and O–H groups in total. The molecule has 3 aromatic rings. The molecule has 41 heavy (non-hydrogen) atoms. The predicted molar refractivity (Wildman–Crippen MR) is 170 cm³/mol. The van der Waals surface area contributed by atoms with Gasteiger partial charge >= 0.3 is 5.97 Å². The summed E-state index contributed by atoms with van der Waals surface area (Å²) < 4.78 is 26.5. The molecule has 2 aliphatic heterocycles. The first-order valence-electron chi connectivity index (χ1n) is 14.2. The Balaban J connectivity index is 1.74. The fourth-order valence-corrected chi connectivity index (χ4v) is 7.26. The van der Waals surface area contributed by atoms with Gasteiger partial charge in [-0.2, -0.15) is 0 Å². The van der Waals surface area contributed by atoms with Crippen LogP contribution in [0.3, 0.4) is 0 Å². The maximum Gasteiger partial charge on any atom is 0.340 e. The van der Waals surface area contributed by atoms with E-state index >= 15 is 0 Å². The summed E-state index contributed by atoms with van der Waals surface area (Å²) >= 11 is 6.93. The van der Waals surface area contributed by atoms with E-state index < -0.39 is 22.2 Å². The Hall–Kier alpha value is -2.75. The third-order valence-corrected chi connectivity index (χ3v) is 18.5. The van der Waals surface area contributed by atoms with Gasteiger partial charge in [0.15, 0.2) is 5.60 Å². The highest BCUT2D eigenvalue weighted by Gasteiger charge is 2.54. The van der Waals surface area contributed by atoms with Gasteiger partial charge in [0.2, 0.25) is 8.32 Å². The van der Waals surface area contributed by atoms with Gasteiger partial charge < -0.3 is 18.3 Å². The van der Waals surface area contributed by atoms with Crippen LogP contribution in [0.25, 0.3) is 0 Å². The van der Waals surface area contributed by atoms with Crippen molar-refractivity contribution in [3.8, 4) is 23.0 Å². The summed E-state index contributed by atoms with van der Waals surface area (Å²) in [5, 5.41) is 0.458. The van der Waals surface area contributed by atoms with Crippen molar-refractivity contribution in [3.63, 3.8) is 0 Å². The minimum absolute atomic E-state index is 0.0204. The van der Waals surface area contributed by atoms with Gasteiger partial charge in [-0.15, -0.1) is 0 Å². The Morgan fingerprint density at radius 3 is 1.98 bits per heavy atom. The topological polar surface area (TPSA) is 54.0 Å². The van der Waals surface area contributed by atoms with Gasteiger partial charge in [0, 0.05) is 28.3 Å². The number of fused-ring (bicyclic) bond motifs is 6. The van der Waals surface area contributed by atoms with Crippen LogP contribution in [0, 0.1) is 6.92 Å². The standard InChI is InChI=1S/C33H41ClO5Si2/c1-20-26(38-40(8,9)31(2,3)4)17-16-23-29(20)36-27-19-28(39-41(10,11)32(5,6)7)25(34)18-24(27)33(23)22-15-13-12-14-21(22)30(35)37-33/h12-19H,1-11H3. The fraction of sp³-hybridized carbons (Fsp3) is 0.424. The number of esters is 1. The highest BCUT2D eigenvalue weighted by molar-refractivity contribution is 6.75. The first-order valence-corrected chi connectivity index (χ1v) is 20.4. The van der Waals surface area contributed by atoms with Crippen LogP contribution in [0.4, 0.5) is 0 Å². The van der Waals surface area contributed by atoms with Crippen LogP contribution in [0.5, 0.6) is 23.0 Å². The lowest BCUT2D eigenvalue weighted by atomic mass is 9.77. The molecule has 0 amide bonds. The largest absolute Gasteiger partial charge is 0.543 e. The fourth-order valence-electron chi connectivity index (χ4n) is 4.89. The smallest absolute Gasteiger partial charge is 0.340 e. The molecule has 0 radical (unpaired) electrons. The summed E-state index contributed by atoms with van der Waals surface area (Å²) in [4.78, 5) is 13.3. The molecule has 1 unspecified atom stereocenters. The van der Waals surface area contributed by atoms with Crippen molar-refractivity contribution in [1.82, 2.24) is 0 Å². The van der Waals surface area contributed by atoms with Crippen molar-refractivity contribution in [3.05, 3.63) is 81.4 Å². The lowest BCUT2D eigenvalue weighted by Gasteiger charge is -2.40. The molecule has 8 heteroatoms. The van der Waals surface area contributed by atoms with E-state index in [0.29, 0.717) is 33.4 Å². The number of carbonyl (C=O) groups excluding carboxylic acids is 1. The predicted octanol–water partition coefficient (Wildman–Crippen LogP) is 9.98. The third kappa shape index (κ3) is 4.61. The molecule has 2 aliphatic rings. The molecule has 2 heterocycles. The molecule has 0 saturated heterocycles. The highest BCUT2D eigenvalue weighted by atomic mass is 35.5. The molecule has 0 aromatic heterocycles. The number of halogens is 1. The molecular formula is C33H41ClO5Si2. The van der Waals surface area contributed by atoms with Crippen molar-refractivity contribution >= 4 is 34.2 Å². The summed E-state index contributed by atoms with van der Waals surface area (Å²) in [5.74, 6) is 2.14. The quantitative estimate of drug-likeness (QED) is 0.218. The Kier molecular flexibility index (Phi) is 6.80. The number of carbonyl (C=O) groups is 1. The first-order chi connectivity index (χ1) is 18.8. The summed E-state index contributed by atoms with van der Waals surface area (Å²) in [5.41, 5.74) is 2.37. The van der Waals surface area contributed by atoms with Crippen LogP contribution >= 0.6 is 11.6 Å².